The number of carboxylic acid groups (broad SMARTS) is 1. The van der Waals surface area contributed by atoms with Gasteiger partial charge in [-0.05, 0) is 31.9 Å². The number of carbonyl (C=O) groups is 1. The van der Waals surface area contributed by atoms with Gasteiger partial charge in [0.2, 0.25) is 5.76 Å². The summed E-state index contributed by atoms with van der Waals surface area (Å²) in [6.45, 7) is 3.69. The van der Waals surface area contributed by atoms with Gasteiger partial charge < -0.3 is 14.3 Å². The second-order valence-corrected chi connectivity index (χ2v) is 5.74. The summed E-state index contributed by atoms with van der Waals surface area (Å²) in [5.74, 6) is -0.266. The molecule has 1 aliphatic rings. The number of hydrogen-bond acceptors (Lipinski definition) is 4. The van der Waals surface area contributed by atoms with Gasteiger partial charge in [-0.25, -0.2) is 4.79 Å². The minimum absolute atomic E-state index is 0.0134. The number of furan rings is 1. The van der Waals surface area contributed by atoms with Crippen molar-refractivity contribution in [2.45, 2.75) is 30.3 Å². The van der Waals surface area contributed by atoms with Crippen molar-refractivity contribution in [3.8, 4) is 0 Å². The molecule has 0 saturated carbocycles. The molecule has 1 fully saturated rings. The van der Waals surface area contributed by atoms with Crippen LogP contribution in [-0.4, -0.2) is 29.5 Å². The summed E-state index contributed by atoms with van der Waals surface area (Å²) < 4.78 is 10.6. The third-order valence-electron chi connectivity index (χ3n) is 2.80. The largest absolute Gasteiger partial charge is 0.475 e. The monoisotopic (exact) mass is 256 g/mol. The molecule has 2 rings (SSSR count). The molecule has 1 unspecified atom stereocenters. The van der Waals surface area contributed by atoms with Crippen molar-refractivity contribution in [1.29, 1.82) is 0 Å². The van der Waals surface area contributed by atoms with E-state index in [1.165, 1.54) is 6.07 Å². The van der Waals surface area contributed by atoms with E-state index in [4.69, 9.17) is 14.3 Å². The van der Waals surface area contributed by atoms with Crippen molar-refractivity contribution in [3.05, 3.63) is 23.7 Å². The van der Waals surface area contributed by atoms with Gasteiger partial charge in [0, 0.05) is 18.5 Å². The Bertz CT molecular complexity index is 382. The van der Waals surface area contributed by atoms with Gasteiger partial charge in [-0.15, -0.1) is 11.8 Å². The molecule has 0 amide bonds. The number of ether oxygens (including phenoxy) is 1. The third-order valence-corrected chi connectivity index (χ3v) is 4.30. The van der Waals surface area contributed by atoms with Crippen molar-refractivity contribution >= 4 is 17.7 Å². The van der Waals surface area contributed by atoms with Gasteiger partial charge in [0.15, 0.2) is 0 Å². The Morgan fingerprint density at radius 1 is 1.47 bits per heavy atom. The maximum absolute atomic E-state index is 10.7. The Hall–Kier alpha value is -0.940. The van der Waals surface area contributed by atoms with Gasteiger partial charge in [-0.3, -0.25) is 0 Å². The molecule has 0 bridgehead atoms. The lowest BCUT2D eigenvalue weighted by Gasteiger charge is -2.23. The molecule has 1 aliphatic heterocycles. The van der Waals surface area contributed by atoms with Crippen LogP contribution in [0.3, 0.4) is 0 Å². The predicted molar refractivity (Wildman–Crippen MR) is 65.5 cm³/mol. The molecular weight excluding hydrogens is 240 g/mol. The zero-order chi connectivity index (χ0) is 12.3. The standard InChI is InChI=1S/C12H16O4S/c1-8(17-9-4-6-15-7-5-9)10-2-3-11(16-10)12(13)14/h2-3,8-9H,4-7H2,1H3,(H,13,14). The quantitative estimate of drug-likeness (QED) is 0.897. The van der Waals surface area contributed by atoms with Crippen LogP contribution < -0.4 is 0 Å². The van der Waals surface area contributed by atoms with Crippen molar-refractivity contribution < 1.29 is 19.1 Å². The van der Waals surface area contributed by atoms with E-state index in [9.17, 15) is 4.79 Å². The minimum Gasteiger partial charge on any atom is -0.475 e. The predicted octanol–water partition coefficient (Wildman–Crippen LogP) is 2.95. The molecule has 0 aromatic carbocycles. The molecule has 17 heavy (non-hydrogen) atoms. The van der Waals surface area contributed by atoms with Crippen LogP contribution >= 0.6 is 11.8 Å². The van der Waals surface area contributed by atoms with Crippen LogP contribution in [0.25, 0.3) is 0 Å². The molecule has 0 aliphatic carbocycles. The van der Waals surface area contributed by atoms with E-state index in [0.29, 0.717) is 5.25 Å². The van der Waals surface area contributed by atoms with Crippen molar-refractivity contribution in [1.82, 2.24) is 0 Å². The number of rotatable bonds is 4. The molecule has 1 aromatic rings. The fraction of sp³-hybridized carbons (Fsp3) is 0.583. The molecule has 94 valence electrons. The molecule has 4 nitrogen and oxygen atoms in total. The second kappa shape index (κ2) is 5.60. The highest BCUT2D eigenvalue weighted by Crippen LogP contribution is 2.36. The maximum atomic E-state index is 10.7. The van der Waals surface area contributed by atoms with Crippen LogP contribution in [0.2, 0.25) is 0 Å². The van der Waals surface area contributed by atoms with E-state index < -0.39 is 5.97 Å². The average molecular weight is 256 g/mol. The van der Waals surface area contributed by atoms with Crippen LogP contribution in [0.5, 0.6) is 0 Å². The Morgan fingerprint density at radius 2 is 2.18 bits per heavy atom. The number of aromatic carboxylic acids is 1. The lowest BCUT2D eigenvalue weighted by Crippen LogP contribution is -2.18. The van der Waals surface area contributed by atoms with Gasteiger partial charge in [-0.2, -0.15) is 0 Å². The Labute approximate surface area is 104 Å². The number of thioether (sulfide) groups is 1. The summed E-state index contributed by atoms with van der Waals surface area (Å²) in [5.41, 5.74) is 0. The van der Waals surface area contributed by atoms with Gasteiger partial charge in [-0.1, -0.05) is 0 Å². The molecule has 2 heterocycles. The van der Waals surface area contributed by atoms with Crippen molar-refractivity contribution in [2.75, 3.05) is 13.2 Å². The van der Waals surface area contributed by atoms with Crippen LogP contribution in [0.15, 0.2) is 16.5 Å². The zero-order valence-corrected chi connectivity index (χ0v) is 10.5. The summed E-state index contributed by atoms with van der Waals surface area (Å²) >= 11 is 1.83. The molecule has 1 saturated heterocycles. The second-order valence-electron chi connectivity index (χ2n) is 4.10. The van der Waals surface area contributed by atoms with Gasteiger partial charge in [0.05, 0.1) is 5.25 Å². The first-order valence-electron chi connectivity index (χ1n) is 5.73. The minimum atomic E-state index is -1.01. The Balaban J connectivity index is 1.93. The average Bonchev–Trinajstić information content (AvgIpc) is 2.79. The van der Waals surface area contributed by atoms with Crippen LogP contribution in [0.4, 0.5) is 0 Å². The summed E-state index contributed by atoms with van der Waals surface area (Å²) in [6.07, 6.45) is 2.11. The zero-order valence-electron chi connectivity index (χ0n) is 9.72. The molecule has 1 N–H and O–H groups in total. The fourth-order valence-electron chi connectivity index (χ4n) is 1.85. The van der Waals surface area contributed by atoms with Crippen LogP contribution in [0, 0.1) is 0 Å². The maximum Gasteiger partial charge on any atom is 0.371 e. The molecule has 0 spiro atoms. The summed E-state index contributed by atoms with van der Waals surface area (Å²) in [4.78, 5) is 10.7. The summed E-state index contributed by atoms with van der Waals surface area (Å²) in [6, 6.07) is 3.26. The van der Waals surface area contributed by atoms with Crippen molar-refractivity contribution in [2.24, 2.45) is 0 Å². The fourth-order valence-corrected chi connectivity index (χ4v) is 3.16. The summed E-state index contributed by atoms with van der Waals surface area (Å²) in [7, 11) is 0. The van der Waals surface area contributed by atoms with E-state index in [0.717, 1.165) is 31.8 Å². The van der Waals surface area contributed by atoms with E-state index in [1.807, 2.05) is 18.7 Å². The molecule has 1 aromatic heterocycles. The molecule has 5 heteroatoms. The normalized spacial score (nSPS) is 19.1. The van der Waals surface area contributed by atoms with E-state index in [-0.39, 0.29) is 11.0 Å². The lowest BCUT2D eigenvalue weighted by atomic mass is 10.2. The third kappa shape index (κ3) is 3.26. The van der Waals surface area contributed by atoms with E-state index in [1.54, 1.807) is 6.07 Å². The SMILES string of the molecule is CC(SC1CCOCC1)c1ccc(C(=O)O)o1. The van der Waals surface area contributed by atoms with Gasteiger partial charge >= 0.3 is 5.97 Å². The number of hydrogen-bond donors (Lipinski definition) is 1. The molecular formula is C12H16O4S. The lowest BCUT2D eigenvalue weighted by molar-refractivity contribution is 0.0660. The first-order valence-corrected chi connectivity index (χ1v) is 6.67. The summed E-state index contributed by atoms with van der Waals surface area (Å²) in [5, 5.41) is 9.55. The molecule has 1 atom stereocenters. The van der Waals surface area contributed by atoms with Crippen LogP contribution in [-0.2, 0) is 4.74 Å². The van der Waals surface area contributed by atoms with Gasteiger partial charge in [0.1, 0.15) is 5.76 Å². The Morgan fingerprint density at radius 3 is 2.76 bits per heavy atom. The highest BCUT2D eigenvalue weighted by molar-refractivity contribution is 8.00. The first-order chi connectivity index (χ1) is 8.16. The van der Waals surface area contributed by atoms with E-state index in [2.05, 4.69) is 0 Å². The Kier molecular flexibility index (Phi) is 4.12. The van der Waals surface area contributed by atoms with Crippen molar-refractivity contribution in [3.63, 3.8) is 0 Å². The highest BCUT2D eigenvalue weighted by atomic mass is 32.2. The van der Waals surface area contributed by atoms with E-state index >= 15 is 0 Å². The van der Waals surface area contributed by atoms with Gasteiger partial charge in [0.25, 0.3) is 0 Å². The molecule has 0 radical (unpaired) electrons. The highest BCUT2D eigenvalue weighted by Gasteiger charge is 2.21. The number of carboxylic acids is 1. The topological polar surface area (TPSA) is 59.7 Å². The smallest absolute Gasteiger partial charge is 0.371 e. The van der Waals surface area contributed by atoms with Crippen LogP contribution in [0.1, 0.15) is 41.3 Å². The first kappa shape index (κ1) is 12.5.